The number of aldehydes is 1. The minimum absolute atomic E-state index is 0.680. The molecule has 50 valence electrons. The molecule has 0 rings (SSSR count). The molecule has 9 heavy (non-hydrogen) atoms. The van der Waals surface area contributed by atoms with Crippen molar-refractivity contribution in [2.45, 2.75) is 13.8 Å². The molecule has 2 N–H and O–H groups in total. The second-order valence-electron chi connectivity index (χ2n) is 1.94. The van der Waals surface area contributed by atoms with Crippen LogP contribution in [-0.2, 0) is 4.79 Å². The third-order valence-corrected chi connectivity index (χ3v) is 0.795. The summed E-state index contributed by atoms with van der Waals surface area (Å²) in [5.74, 6) is 0. The third kappa shape index (κ3) is 4.81. The number of rotatable bonds is 2. The van der Waals surface area contributed by atoms with Crippen molar-refractivity contribution < 1.29 is 4.79 Å². The van der Waals surface area contributed by atoms with Gasteiger partial charge >= 0.3 is 0 Å². The fourth-order valence-corrected chi connectivity index (χ4v) is 0.302. The van der Waals surface area contributed by atoms with Crippen LogP contribution in [-0.4, -0.2) is 6.29 Å². The molecule has 0 heterocycles. The Hall–Kier alpha value is -1.05. The summed E-state index contributed by atoms with van der Waals surface area (Å²) in [5, 5.41) is 0. The molecule has 0 fully saturated rings. The van der Waals surface area contributed by atoms with E-state index in [1.165, 1.54) is 0 Å². The maximum atomic E-state index is 9.98. The highest BCUT2D eigenvalue weighted by molar-refractivity contribution is 5.72. The molecule has 0 aliphatic heterocycles. The van der Waals surface area contributed by atoms with Gasteiger partial charge in [0.15, 0.2) is 0 Å². The SMILES string of the molecule is C/C(N)=C\C=C(/C)C=O. The molecule has 0 amide bonds. The monoisotopic (exact) mass is 125 g/mol. The van der Waals surface area contributed by atoms with Crippen LogP contribution in [0.25, 0.3) is 0 Å². The highest BCUT2D eigenvalue weighted by Gasteiger charge is 1.78. The number of allylic oxidation sites excluding steroid dienone is 4. The first-order chi connectivity index (χ1) is 4.16. The number of carbonyl (C=O) groups excluding carboxylic acids is 1. The number of hydrogen-bond acceptors (Lipinski definition) is 2. The molecule has 0 saturated carbocycles. The summed E-state index contributed by atoms with van der Waals surface area (Å²) in [7, 11) is 0. The fourth-order valence-electron chi connectivity index (χ4n) is 0.302. The lowest BCUT2D eigenvalue weighted by Crippen LogP contribution is -1.88. The first kappa shape index (κ1) is 7.95. The van der Waals surface area contributed by atoms with Crippen LogP contribution in [0.5, 0.6) is 0 Å². The highest BCUT2D eigenvalue weighted by Crippen LogP contribution is 1.88. The van der Waals surface area contributed by atoms with Gasteiger partial charge in [0.25, 0.3) is 0 Å². The number of nitrogens with two attached hydrogens (primary N) is 1. The van der Waals surface area contributed by atoms with Gasteiger partial charge < -0.3 is 5.73 Å². The van der Waals surface area contributed by atoms with Crippen molar-refractivity contribution in [1.82, 2.24) is 0 Å². The largest absolute Gasteiger partial charge is 0.402 e. The predicted molar refractivity (Wildman–Crippen MR) is 37.8 cm³/mol. The second-order valence-corrected chi connectivity index (χ2v) is 1.94. The van der Waals surface area contributed by atoms with Crippen LogP contribution in [0.15, 0.2) is 23.4 Å². The standard InChI is InChI=1S/C7H11NO/c1-6(5-9)3-4-7(2)8/h3-5H,8H2,1-2H3/b6-3+,7-4+. The van der Waals surface area contributed by atoms with Gasteiger partial charge in [-0.25, -0.2) is 0 Å². The Bertz CT molecular complexity index is 152. The number of hydrogen-bond donors (Lipinski definition) is 1. The van der Waals surface area contributed by atoms with Crippen molar-refractivity contribution in [3.63, 3.8) is 0 Å². The van der Waals surface area contributed by atoms with Gasteiger partial charge in [0.1, 0.15) is 6.29 Å². The Kier molecular flexibility index (Phi) is 3.44. The first-order valence-electron chi connectivity index (χ1n) is 2.72. The Labute approximate surface area is 55.1 Å². The maximum absolute atomic E-state index is 9.98. The third-order valence-electron chi connectivity index (χ3n) is 0.795. The van der Waals surface area contributed by atoms with Gasteiger partial charge in [0.2, 0.25) is 0 Å². The van der Waals surface area contributed by atoms with Gasteiger partial charge in [0.05, 0.1) is 0 Å². The molecule has 0 radical (unpaired) electrons. The van der Waals surface area contributed by atoms with E-state index in [2.05, 4.69) is 0 Å². The van der Waals surface area contributed by atoms with E-state index in [0.717, 1.165) is 6.29 Å². The molecule has 0 unspecified atom stereocenters. The van der Waals surface area contributed by atoms with Crippen LogP contribution in [0.1, 0.15) is 13.8 Å². The van der Waals surface area contributed by atoms with Gasteiger partial charge in [-0.1, -0.05) is 6.08 Å². The summed E-state index contributed by atoms with van der Waals surface area (Å²) < 4.78 is 0. The molecule has 0 spiro atoms. The van der Waals surface area contributed by atoms with Crippen molar-refractivity contribution >= 4 is 6.29 Å². The Morgan fingerprint density at radius 2 is 1.89 bits per heavy atom. The zero-order chi connectivity index (χ0) is 7.28. The molecule has 0 atom stereocenters. The molecule has 0 aromatic carbocycles. The predicted octanol–water partition coefficient (Wildman–Crippen LogP) is 0.994. The molecule has 0 bridgehead atoms. The summed E-state index contributed by atoms with van der Waals surface area (Å²) >= 11 is 0. The van der Waals surface area contributed by atoms with Crippen molar-refractivity contribution in [2.75, 3.05) is 0 Å². The van der Waals surface area contributed by atoms with Crippen LogP contribution >= 0.6 is 0 Å². The fraction of sp³-hybridized carbons (Fsp3) is 0.286. The van der Waals surface area contributed by atoms with Gasteiger partial charge in [0, 0.05) is 5.70 Å². The van der Waals surface area contributed by atoms with Crippen LogP contribution in [0.2, 0.25) is 0 Å². The summed E-state index contributed by atoms with van der Waals surface area (Å²) in [6.45, 7) is 3.50. The van der Waals surface area contributed by atoms with Crippen LogP contribution < -0.4 is 5.73 Å². The molecule has 0 aliphatic rings. The molecule has 2 nitrogen and oxygen atoms in total. The van der Waals surface area contributed by atoms with E-state index >= 15 is 0 Å². The topological polar surface area (TPSA) is 43.1 Å². The van der Waals surface area contributed by atoms with Gasteiger partial charge in [-0.2, -0.15) is 0 Å². The number of carbonyl (C=O) groups is 1. The molecule has 0 aliphatic carbocycles. The van der Waals surface area contributed by atoms with Gasteiger partial charge in [-0.05, 0) is 25.5 Å². The normalized spacial score (nSPS) is 13.6. The maximum Gasteiger partial charge on any atom is 0.145 e. The minimum Gasteiger partial charge on any atom is -0.402 e. The Morgan fingerprint density at radius 1 is 1.33 bits per heavy atom. The van der Waals surface area contributed by atoms with E-state index in [-0.39, 0.29) is 0 Å². The van der Waals surface area contributed by atoms with Crippen molar-refractivity contribution in [2.24, 2.45) is 5.73 Å². The molecular formula is C7H11NO. The second kappa shape index (κ2) is 3.89. The van der Waals surface area contributed by atoms with E-state index < -0.39 is 0 Å². The quantitative estimate of drug-likeness (QED) is 0.340. The summed E-state index contributed by atoms with van der Waals surface area (Å²) in [6, 6.07) is 0. The van der Waals surface area contributed by atoms with Gasteiger partial charge in [-0.15, -0.1) is 0 Å². The smallest absolute Gasteiger partial charge is 0.145 e. The summed E-state index contributed by atoms with van der Waals surface area (Å²) in [4.78, 5) is 9.98. The first-order valence-corrected chi connectivity index (χ1v) is 2.72. The zero-order valence-corrected chi connectivity index (χ0v) is 5.72. The zero-order valence-electron chi connectivity index (χ0n) is 5.72. The lowest BCUT2D eigenvalue weighted by atomic mass is 10.3. The average Bonchev–Trinajstić information content (AvgIpc) is 1.83. The van der Waals surface area contributed by atoms with Crippen LogP contribution in [0.3, 0.4) is 0 Å². The van der Waals surface area contributed by atoms with Crippen LogP contribution in [0.4, 0.5) is 0 Å². The molecule has 0 aromatic heterocycles. The average molecular weight is 125 g/mol. The van der Waals surface area contributed by atoms with Crippen molar-refractivity contribution in [1.29, 1.82) is 0 Å². The van der Waals surface area contributed by atoms with Gasteiger partial charge in [-0.3, -0.25) is 4.79 Å². The molecule has 2 heteroatoms. The Balaban J connectivity index is 3.98. The lowest BCUT2D eigenvalue weighted by Gasteiger charge is -1.84. The van der Waals surface area contributed by atoms with E-state index in [0.29, 0.717) is 11.3 Å². The van der Waals surface area contributed by atoms with E-state index in [4.69, 9.17) is 5.73 Å². The molecular weight excluding hydrogens is 114 g/mol. The van der Waals surface area contributed by atoms with Crippen molar-refractivity contribution in [3.05, 3.63) is 23.4 Å². The molecule has 0 aromatic rings. The van der Waals surface area contributed by atoms with E-state index in [1.54, 1.807) is 26.0 Å². The highest BCUT2D eigenvalue weighted by atomic mass is 16.1. The summed E-state index contributed by atoms with van der Waals surface area (Å²) in [5.41, 5.74) is 6.68. The molecule has 0 saturated heterocycles. The lowest BCUT2D eigenvalue weighted by molar-refractivity contribution is -0.104. The summed E-state index contributed by atoms with van der Waals surface area (Å²) in [6.07, 6.45) is 4.17. The van der Waals surface area contributed by atoms with Crippen LogP contribution in [0, 0.1) is 0 Å². The van der Waals surface area contributed by atoms with E-state index in [9.17, 15) is 4.79 Å². The van der Waals surface area contributed by atoms with E-state index in [1.807, 2.05) is 0 Å². The van der Waals surface area contributed by atoms with Crippen molar-refractivity contribution in [3.8, 4) is 0 Å². The minimum atomic E-state index is 0.680. The Morgan fingerprint density at radius 3 is 2.22 bits per heavy atom.